The Morgan fingerprint density at radius 1 is 1.26 bits per heavy atom. The number of rotatable bonds is 5. The first-order valence-electron chi connectivity index (χ1n) is 7.51. The van der Waals surface area contributed by atoms with E-state index < -0.39 is 15.8 Å². The Kier molecular flexibility index (Phi) is 4.39. The molecular weight excluding hydrogens is 323 g/mol. The number of hydrogen-bond donors (Lipinski definition) is 0. The monoisotopic (exact) mass is 342 g/mol. The zero-order valence-electron chi connectivity index (χ0n) is 12.8. The molecule has 2 aliphatic heterocycles. The van der Waals surface area contributed by atoms with Gasteiger partial charge in [-0.15, -0.1) is 0 Å². The number of nitrogens with zero attached hydrogens (tertiary/aromatic N) is 2. The smallest absolute Gasteiger partial charge is 0.243 e. The van der Waals surface area contributed by atoms with Gasteiger partial charge in [0.15, 0.2) is 0 Å². The van der Waals surface area contributed by atoms with E-state index in [0.717, 1.165) is 12.1 Å². The molecule has 3 rings (SSSR count). The lowest BCUT2D eigenvalue weighted by Gasteiger charge is -2.25. The van der Waals surface area contributed by atoms with Crippen molar-refractivity contribution in [3.8, 4) is 0 Å². The second-order valence-electron chi connectivity index (χ2n) is 5.78. The van der Waals surface area contributed by atoms with Gasteiger partial charge in [0.2, 0.25) is 15.9 Å². The van der Waals surface area contributed by atoms with Gasteiger partial charge in [0.1, 0.15) is 5.82 Å². The number of carbonyl (C=O) groups is 1. The van der Waals surface area contributed by atoms with E-state index >= 15 is 0 Å². The molecule has 126 valence electrons. The molecule has 1 aromatic rings. The molecule has 8 heteroatoms. The summed E-state index contributed by atoms with van der Waals surface area (Å²) >= 11 is 0. The van der Waals surface area contributed by atoms with Gasteiger partial charge in [-0.3, -0.25) is 4.79 Å². The fourth-order valence-electron chi connectivity index (χ4n) is 3.41. The van der Waals surface area contributed by atoms with E-state index in [9.17, 15) is 17.6 Å². The lowest BCUT2D eigenvalue weighted by Crippen LogP contribution is -2.40. The third kappa shape index (κ3) is 2.86. The summed E-state index contributed by atoms with van der Waals surface area (Å²) in [5, 5.41) is 0. The number of sulfonamides is 1. The van der Waals surface area contributed by atoms with Crippen LogP contribution in [0.15, 0.2) is 29.2 Å². The maximum absolute atomic E-state index is 13.0. The molecule has 2 fully saturated rings. The summed E-state index contributed by atoms with van der Waals surface area (Å²) < 4.78 is 44.9. The fraction of sp³-hybridized carbons (Fsp3) is 0.533. The number of amides is 1. The number of benzene rings is 1. The minimum Gasteiger partial charge on any atom is -0.383 e. The van der Waals surface area contributed by atoms with Crippen molar-refractivity contribution in [2.45, 2.75) is 29.8 Å². The van der Waals surface area contributed by atoms with E-state index in [2.05, 4.69) is 0 Å². The molecule has 2 saturated heterocycles. The van der Waals surface area contributed by atoms with Crippen LogP contribution in [0.2, 0.25) is 0 Å². The van der Waals surface area contributed by atoms with Gasteiger partial charge in [0.25, 0.3) is 0 Å². The van der Waals surface area contributed by atoms with Crippen LogP contribution >= 0.6 is 0 Å². The first-order chi connectivity index (χ1) is 10.9. The van der Waals surface area contributed by atoms with Crippen LogP contribution < -0.4 is 0 Å². The number of carbonyl (C=O) groups excluding carboxylic acids is 1. The second-order valence-corrected chi connectivity index (χ2v) is 7.67. The molecule has 1 aromatic carbocycles. The molecule has 0 unspecified atom stereocenters. The number of methoxy groups -OCH3 is 1. The molecule has 1 amide bonds. The summed E-state index contributed by atoms with van der Waals surface area (Å²) in [5.74, 6) is -0.527. The Morgan fingerprint density at radius 3 is 2.61 bits per heavy atom. The molecule has 2 aliphatic rings. The maximum Gasteiger partial charge on any atom is 0.243 e. The predicted octanol–water partition coefficient (Wildman–Crippen LogP) is 0.836. The third-order valence-corrected chi connectivity index (χ3v) is 6.46. The predicted molar refractivity (Wildman–Crippen MR) is 80.7 cm³/mol. The van der Waals surface area contributed by atoms with Gasteiger partial charge in [0, 0.05) is 26.6 Å². The highest BCUT2D eigenvalue weighted by atomic mass is 32.2. The molecule has 0 aliphatic carbocycles. The summed E-state index contributed by atoms with van der Waals surface area (Å²) in [7, 11) is -2.15. The van der Waals surface area contributed by atoms with Crippen LogP contribution in [0, 0.1) is 5.82 Å². The van der Waals surface area contributed by atoms with Crippen molar-refractivity contribution in [1.82, 2.24) is 9.21 Å². The molecule has 0 bridgehead atoms. The molecule has 6 nitrogen and oxygen atoms in total. The van der Waals surface area contributed by atoms with Crippen molar-refractivity contribution in [2.24, 2.45) is 0 Å². The molecule has 0 radical (unpaired) electrons. The molecule has 2 heterocycles. The summed E-state index contributed by atoms with van der Waals surface area (Å²) in [6.07, 6.45) is 0.801. The van der Waals surface area contributed by atoms with Crippen molar-refractivity contribution in [1.29, 1.82) is 0 Å². The highest BCUT2D eigenvalue weighted by Gasteiger charge is 2.50. The van der Waals surface area contributed by atoms with Gasteiger partial charge in [-0.1, -0.05) is 0 Å². The molecule has 0 aromatic heterocycles. The second kappa shape index (κ2) is 6.18. The fourth-order valence-corrected chi connectivity index (χ4v) is 5.08. The minimum atomic E-state index is -3.72. The van der Waals surface area contributed by atoms with Crippen LogP contribution in [0.25, 0.3) is 0 Å². The van der Waals surface area contributed by atoms with Crippen LogP contribution in [0.5, 0.6) is 0 Å². The minimum absolute atomic E-state index is 0.0453. The van der Waals surface area contributed by atoms with Crippen molar-refractivity contribution in [3.05, 3.63) is 30.1 Å². The van der Waals surface area contributed by atoms with E-state index in [1.54, 1.807) is 12.0 Å². The number of fused-ring (bicyclic) bond motifs is 1. The topological polar surface area (TPSA) is 66.9 Å². The molecular formula is C15H19FN2O4S. The SMILES string of the molecule is COCCN1C(=O)C[C@H]2[C@H]1CCN2S(=O)(=O)c1ccc(F)cc1. The molecule has 2 atom stereocenters. The van der Waals surface area contributed by atoms with Crippen LogP contribution in [-0.2, 0) is 19.6 Å². The van der Waals surface area contributed by atoms with Gasteiger partial charge in [-0.05, 0) is 30.7 Å². The van der Waals surface area contributed by atoms with Crippen molar-refractivity contribution in [3.63, 3.8) is 0 Å². The summed E-state index contributed by atoms with van der Waals surface area (Å²) in [6.45, 7) is 1.27. The Balaban J connectivity index is 1.83. The Hall–Kier alpha value is -1.51. The average Bonchev–Trinajstić information content (AvgIpc) is 3.04. The Morgan fingerprint density at radius 2 is 1.96 bits per heavy atom. The van der Waals surface area contributed by atoms with Gasteiger partial charge in [-0.2, -0.15) is 4.31 Å². The largest absolute Gasteiger partial charge is 0.383 e. The normalized spacial score (nSPS) is 25.1. The lowest BCUT2D eigenvalue weighted by atomic mass is 10.1. The number of likely N-dealkylation sites (tertiary alicyclic amines) is 1. The quantitative estimate of drug-likeness (QED) is 0.795. The zero-order chi connectivity index (χ0) is 16.6. The highest BCUT2D eigenvalue weighted by molar-refractivity contribution is 7.89. The number of hydrogen-bond acceptors (Lipinski definition) is 4. The first-order valence-corrected chi connectivity index (χ1v) is 8.95. The standard InChI is InChI=1S/C15H19FN2O4S/c1-22-9-8-17-13-6-7-18(14(13)10-15(17)19)23(20,21)12-4-2-11(16)3-5-12/h2-5,13-14H,6-10H2,1H3/t13-,14+/m1/s1. The number of ether oxygens (including phenoxy) is 1. The molecule has 0 N–H and O–H groups in total. The lowest BCUT2D eigenvalue weighted by molar-refractivity contribution is -0.129. The van der Waals surface area contributed by atoms with Crippen molar-refractivity contribution < 1.29 is 22.3 Å². The van der Waals surface area contributed by atoms with E-state index in [4.69, 9.17) is 4.74 Å². The summed E-state index contributed by atoms with van der Waals surface area (Å²) in [5.41, 5.74) is 0. The van der Waals surface area contributed by atoms with Gasteiger partial charge >= 0.3 is 0 Å². The summed E-state index contributed by atoms with van der Waals surface area (Å²) in [4.78, 5) is 13.9. The molecule has 23 heavy (non-hydrogen) atoms. The highest BCUT2D eigenvalue weighted by Crippen LogP contribution is 2.35. The van der Waals surface area contributed by atoms with E-state index in [1.807, 2.05) is 0 Å². The van der Waals surface area contributed by atoms with Gasteiger partial charge < -0.3 is 9.64 Å². The first kappa shape index (κ1) is 16.4. The summed E-state index contributed by atoms with van der Waals surface area (Å²) in [6, 6.07) is 4.33. The van der Waals surface area contributed by atoms with E-state index in [0.29, 0.717) is 26.1 Å². The van der Waals surface area contributed by atoms with E-state index in [1.165, 1.54) is 16.4 Å². The van der Waals surface area contributed by atoms with Crippen molar-refractivity contribution in [2.75, 3.05) is 26.8 Å². The third-order valence-electron chi connectivity index (χ3n) is 4.52. The van der Waals surface area contributed by atoms with Crippen LogP contribution in [0.1, 0.15) is 12.8 Å². The van der Waals surface area contributed by atoms with Gasteiger partial charge in [-0.25, -0.2) is 12.8 Å². The van der Waals surface area contributed by atoms with Gasteiger partial charge in [0.05, 0.1) is 23.6 Å². The number of halogens is 1. The molecule has 0 spiro atoms. The van der Waals surface area contributed by atoms with Crippen LogP contribution in [-0.4, -0.2) is 62.4 Å². The van der Waals surface area contributed by atoms with Crippen LogP contribution in [0.3, 0.4) is 0 Å². The van der Waals surface area contributed by atoms with Crippen LogP contribution in [0.4, 0.5) is 4.39 Å². The zero-order valence-corrected chi connectivity index (χ0v) is 13.6. The Labute approximate surface area is 134 Å². The molecule has 0 saturated carbocycles. The maximum atomic E-state index is 13.0. The average molecular weight is 342 g/mol. The van der Waals surface area contributed by atoms with Crippen molar-refractivity contribution >= 4 is 15.9 Å². The Bertz CT molecular complexity index is 692. The van der Waals surface area contributed by atoms with E-state index in [-0.39, 0.29) is 29.3 Å².